The molecule has 5 unspecified atom stereocenters. The molecule has 3 heteroatoms. The fourth-order valence-corrected chi connectivity index (χ4v) is 6.80. The molecule has 0 radical (unpaired) electrons. The van der Waals surface area contributed by atoms with Gasteiger partial charge in [0.2, 0.25) is 0 Å². The number of allylic oxidation sites excluding steroid dienone is 8. The van der Waals surface area contributed by atoms with Crippen molar-refractivity contribution in [1.29, 1.82) is 0 Å². The fraction of sp³-hybridized carbons (Fsp3) is 0.762. The summed E-state index contributed by atoms with van der Waals surface area (Å²) in [4.78, 5) is 0. The average molecular weight is 629 g/mol. The van der Waals surface area contributed by atoms with Crippen LogP contribution < -0.4 is 0 Å². The summed E-state index contributed by atoms with van der Waals surface area (Å²) < 4.78 is 5.27. The van der Waals surface area contributed by atoms with Crippen molar-refractivity contribution >= 4 is 0 Å². The lowest BCUT2D eigenvalue weighted by atomic mass is 9.77. The minimum absolute atomic E-state index is 0.111. The molecule has 0 aliphatic heterocycles. The third-order valence-electron chi connectivity index (χ3n) is 9.83. The second kappa shape index (κ2) is 25.6. The van der Waals surface area contributed by atoms with Crippen LogP contribution in [-0.4, -0.2) is 37.1 Å². The Morgan fingerprint density at radius 2 is 1.24 bits per heavy atom. The summed E-state index contributed by atoms with van der Waals surface area (Å²) in [6, 6.07) is 0. The Hall–Kier alpha value is -1.42. The lowest BCUT2D eigenvalue weighted by Gasteiger charge is -2.29. The Bertz CT molecular complexity index is 934. The van der Waals surface area contributed by atoms with Crippen molar-refractivity contribution in [3.8, 4) is 0 Å². The van der Waals surface area contributed by atoms with E-state index >= 15 is 0 Å². The predicted molar refractivity (Wildman–Crippen MR) is 200 cm³/mol. The molecule has 3 nitrogen and oxygen atoms in total. The second-order valence-electron chi connectivity index (χ2n) is 14.2. The minimum Gasteiger partial charge on any atom is -0.396 e. The topological polar surface area (TPSA) is 49.7 Å². The van der Waals surface area contributed by atoms with Crippen molar-refractivity contribution in [3.05, 3.63) is 57.7 Å². The van der Waals surface area contributed by atoms with Crippen molar-refractivity contribution in [1.82, 2.24) is 0 Å². The molecular weight excluding hydrogens is 552 g/mol. The second-order valence-corrected chi connectivity index (χ2v) is 14.2. The van der Waals surface area contributed by atoms with Crippen LogP contribution in [0, 0.1) is 29.6 Å². The number of aliphatic hydroxyl groups is 2. The first-order chi connectivity index (χ1) is 21.5. The van der Waals surface area contributed by atoms with E-state index in [4.69, 9.17) is 9.84 Å². The number of ether oxygens (including phenoxy) is 1. The lowest BCUT2D eigenvalue weighted by Crippen LogP contribution is -2.17. The Balaban J connectivity index is 0.00000215. The Morgan fingerprint density at radius 3 is 1.71 bits per heavy atom. The molecule has 0 saturated carbocycles. The molecule has 0 aromatic heterocycles. The number of rotatable bonds is 18. The molecule has 0 spiro atoms. The van der Waals surface area contributed by atoms with Gasteiger partial charge in [-0.25, -0.2) is 0 Å². The fourth-order valence-electron chi connectivity index (χ4n) is 6.80. The first-order valence-electron chi connectivity index (χ1n) is 18.6. The van der Waals surface area contributed by atoms with Crippen LogP contribution in [0.15, 0.2) is 57.7 Å². The first-order valence-corrected chi connectivity index (χ1v) is 18.6. The van der Waals surface area contributed by atoms with Gasteiger partial charge in [-0.15, -0.1) is 0 Å². The molecule has 0 heterocycles. The van der Waals surface area contributed by atoms with Gasteiger partial charge in [0.05, 0.1) is 13.2 Å². The van der Waals surface area contributed by atoms with Crippen molar-refractivity contribution in [2.24, 2.45) is 29.6 Å². The van der Waals surface area contributed by atoms with Gasteiger partial charge in [-0.2, -0.15) is 0 Å². The van der Waals surface area contributed by atoms with E-state index in [1.54, 1.807) is 47.5 Å². The van der Waals surface area contributed by atoms with Gasteiger partial charge in [-0.1, -0.05) is 122 Å². The summed E-state index contributed by atoms with van der Waals surface area (Å²) in [5.41, 5.74) is 10.9. The molecule has 262 valence electrons. The van der Waals surface area contributed by atoms with Crippen molar-refractivity contribution in [2.45, 2.75) is 153 Å². The van der Waals surface area contributed by atoms with Gasteiger partial charge in [0.15, 0.2) is 0 Å². The van der Waals surface area contributed by atoms with E-state index in [2.05, 4.69) is 81.0 Å². The van der Waals surface area contributed by atoms with Crippen LogP contribution >= 0.6 is 0 Å². The Kier molecular flexibility index (Phi) is 24.8. The van der Waals surface area contributed by atoms with Crippen LogP contribution in [0.5, 0.6) is 0 Å². The molecule has 2 N–H and O–H groups in total. The zero-order valence-corrected chi connectivity index (χ0v) is 31.9. The van der Waals surface area contributed by atoms with Gasteiger partial charge in [0.1, 0.15) is 0 Å². The number of aliphatic hydroxyl groups excluding tert-OH is 2. The monoisotopic (exact) mass is 629 g/mol. The van der Waals surface area contributed by atoms with Gasteiger partial charge in [0, 0.05) is 19.6 Å². The maximum Gasteiger partial charge on any atom is 0.0636 e. The molecule has 2 rings (SSSR count). The van der Waals surface area contributed by atoms with E-state index in [1.165, 1.54) is 70.6 Å². The molecule has 2 aliphatic carbocycles. The van der Waals surface area contributed by atoms with Gasteiger partial charge in [0.25, 0.3) is 0 Å². The smallest absolute Gasteiger partial charge is 0.0636 e. The Morgan fingerprint density at radius 1 is 0.756 bits per heavy atom. The predicted octanol–water partition coefficient (Wildman–Crippen LogP) is 12.0. The van der Waals surface area contributed by atoms with Crippen LogP contribution in [0.3, 0.4) is 0 Å². The van der Waals surface area contributed by atoms with E-state index in [9.17, 15) is 5.11 Å². The number of hydrogen-bond donors (Lipinski definition) is 2. The number of hydrogen-bond acceptors (Lipinski definition) is 3. The molecule has 0 aromatic rings. The van der Waals surface area contributed by atoms with Crippen LogP contribution in [0.1, 0.15) is 153 Å². The quantitative estimate of drug-likeness (QED) is 0.148. The average Bonchev–Trinajstić information content (AvgIpc) is 3.05. The molecule has 0 fully saturated rings. The summed E-state index contributed by atoms with van der Waals surface area (Å²) in [6.45, 7) is 27.2. The van der Waals surface area contributed by atoms with Crippen LogP contribution in [-0.2, 0) is 4.74 Å². The third kappa shape index (κ3) is 17.3. The van der Waals surface area contributed by atoms with E-state index in [0.717, 1.165) is 18.4 Å². The zero-order valence-electron chi connectivity index (χ0n) is 31.9. The molecule has 0 bridgehead atoms. The van der Waals surface area contributed by atoms with Gasteiger partial charge in [-0.3, -0.25) is 0 Å². The SMILES string of the molecule is C=C(C)CO.CCC.CCC1=C(CC)CCC(C(C)CCC(C)C2=C(CC)C=C(C(C)CCC(C)CC(CO)COC)CC2)=C1. The standard InChI is InChI=1S/C35H60O2.C4H8O.C3H8/c1-9-30-16-17-33(21-31(30)10-2)27(6)14-15-28(7)35-19-18-34(22-32(35)11-3)26(5)13-12-25(4)20-29(23-36)24-37-8;1-4(2)3-5;1-3-2/h21-22,25-29,36H,9-20,23-24H2,1-8H3;5H,1,3H2,2H3;3H2,1-2H3. The molecule has 0 aromatic carbocycles. The van der Waals surface area contributed by atoms with Gasteiger partial charge >= 0.3 is 0 Å². The first kappa shape index (κ1) is 43.6. The minimum atomic E-state index is 0.111. The van der Waals surface area contributed by atoms with E-state index in [-0.39, 0.29) is 19.1 Å². The number of methoxy groups -OCH3 is 1. The molecule has 2 aliphatic rings. The summed E-state index contributed by atoms with van der Waals surface area (Å²) in [6.07, 6.45) is 21.2. The molecule has 0 saturated heterocycles. The highest BCUT2D eigenvalue weighted by Crippen LogP contribution is 2.39. The van der Waals surface area contributed by atoms with Gasteiger partial charge in [-0.05, 0) is 112 Å². The summed E-state index contributed by atoms with van der Waals surface area (Å²) >= 11 is 0. The van der Waals surface area contributed by atoms with Crippen LogP contribution in [0.25, 0.3) is 0 Å². The Labute approximate surface area is 281 Å². The maximum atomic E-state index is 9.59. The third-order valence-corrected chi connectivity index (χ3v) is 9.83. The summed E-state index contributed by atoms with van der Waals surface area (Å²) in [5.74, 6) is 2.97. The normalized spacial score (nSPS) is 18.4. The molecular formula is C42H76O3. The molecule has 45 heavy (non-hydrogen) atoms. The van der Waals surface area contributed by atoms with E-state index in [1.807, 2.05) is 0 Å². The molecule has 0 amide bonds. The van der Waals surface area contributed by atoms with Gasteiger partial charge < -0.3 is 14.9 Å². The molecule has 5 atom stereocenters. The maximum absolute atomic E-state index is 9.59. The van der Waals surface area contributed by atoms with Crippen molar-refractivity contribution in [3.63, 3.8) is 0 Å². The van der Waals surface area contributed by atoms with E-state index < -0.39 is 0 Å². The van der Waals surface area contributed by atoms with Crippen molar-refractivity contribution in [2.75, 3.05) is 26.9 Å². The van der Waals surface area contributed by atoms with Crippen LogP contribution in [0.4, 0.5) is 0 Å². The highest BCUT2D eigenvalue weighted by molar-refractivity contribution is 5.36. The highest BCUT2D eigenvalue weighted by atomic mass is 16.5. The zero-order chi connectivity index (χ0) is 34.4. The largest absolute Gasteiger partial charge is 0.396 e. The van der Waals surface area contributed by atoms with Crippen molar-refractivity contribution < 1.29 is 14.9 Å². The van der Waals surface area contributed by atoms with Crippen LogP contribution in [0.2, 0.25) is 0 Å². The highest BCUT2D eigenvalue weighted by Gasteiger charge is 2.23. The lowest BCUT2D eigenvalue weighted by molar-refractivity contribution is 0.0950. The summed E-state index contributed by atoms with van der Waals surface area (Å²) in [7, 11) is 1.73. The van der Waals surface area contributed by atoms with E-state index in [0.29, 0.717) is 30.3 Å². The summed E-state index contributed by atoms with van der Waals surface area (Å²) in [5, 5.41) is 17.6.